The molecule has 0 saturated carbocycles. The van der Waals surface area contributed by atoms with Crippen LogP contribution in [0.1, 0.15) is 54.3 Å². The number of nitrogens with one attached hydrogen (secondary N) is 1. The molecule has 1 unspecified atom stereocenters. The van der Waals surface area contributed by atoms with E-state index in [1.54, 1.807) is 31.4 Å². The normalized spacial score (nSPS) is 18.1. The smallest absolute Gasteiger partial charge is 0.253 e. The maximum Gasteiger partial charge on any atom is 0.253 e. The fraction of sp³-hybridized carbons (Fsp3) is 0.600. The van der Waals surface area contributed by atoms with Gasteiger partial charge in [0.1, 0.15) is 0 Å². The minimum Gasteiger partial charge on any atom is -0.384 e. The van der Waals surface area contributed by atoms with Crippen molar-refractivity contribution in [2.24, 2.45) is 11.3 Å². The molecule has 2 amide bonds. The third kappa shape index (κ3) is 5.85. The van der Waals surface area contributed by atoms with Crippen LogP contribution in [0.3, 0.4) is 0 Å². The molecule has 1 aromatic carbocycles. The van der Waals surface area contributed by atoms with Gasteiger partial charge in [-0.15, -0.1) is 0 Å². The van der Waals surface area contributed by atoms with Gasteiger partial charge in [-0.2, -0.15) is 0 Å². The van der Waals surface area contributed by atoms with Gasteiger partial charge in [0.05, 0.1) is 6.61 Å². The highest BCUT2D eigenvalue weighted by molar-refractivity contribution is 5.97. The third-order valence-electron chi connectivity index (χ3n) is 4.38. The van der Waals surface area contributed by atoms with Gasteiger partial charge in [0, 0.05) is 37.9 Å². The summed E-state index contributed by atoms with van der Waals surface area (Å²) in [5.41, 5.74) is 1.25. The lowest BCUT2D eigenvalue weighted by Gasteiger charge is -2.32. The molecule has 138 valence electrons. The molecule has 1 N–H and O–H groups in total. The number of hydrogen-bond acceptors (Lipinski definition) is 3. The molecular formula is C20H30N2O3. The fourth-order valence-corrected chi connectivity index (χ4v) is 3.02. The Labute approximate surface area is 150 Å². The number of carbonyl (C=O) groups is 2. The molecule has 0 spiro atoms. The second-order valence-electron chi connectivity index (χ2n) is 8.04. The number of piperidine rings is 1. The molecule has 1 heterocycles. The molecule has 1 atom stereocenters. The van der Waals surface area contributed by atoms with E-state index in [9.17, 15) is 9.59 Å². The number of hydrogen-bond donors (Lipinski definition) is 1. The average Bonchev–Trinajstić information content (AvgIpc) is 2.59. The van der Waals surface area contributed by atoms with Crippen LogP contribution in [0.5, 0.6) is 0 Å². The first-order valence-electron chi connectivity index (χ1n) is 8.96. The van der Waals surface area contributed by atoms with E-state index in [0.717, 1.165) is 25.9 Å². The number of methoxy groups -OCH3 is 1. The Morgan fingerprint density at radius 1 is 1.20 bits per heavy atom. The summed E-state index contributed by atoms with van der Waals surface area (Å²) in [7, 11) is 1.70. The Morgan fingerprint density at radius 2 is 1.84 bits per heavy atom. The lowest BCUT2D eigenvalue weighted by Crippen LogP contribution is -2.41. The van der Waals surface area contributed by atoms with E-state index < -0.39 is 0 Å². The van der Waals surface area contributed by atoms with Crippen LogP contribution in [0.25, 0.3) is 0 Å². The zero-order chi connectivity index (χ0) is 18.4. The van der Waals surface area contributed by atoms with E-state index in [4.69, 9.17) is 4.74 Å². The molecule has 1 aliphatic rings. The molecule has 0 bridgehead atoms. The summed E-state index contributed by atoms with van der Waals surface area (Å²) in [6, 6.07) is 6.94. The minimum atomic E-state index is -0.105. The van der Waals surface area contributed by atoms with Crippen LogP contribution in [0.4, 0.5) is 0 Å². The summed E-state index contributed by atoms with van der Waals surface area (Å²) in [4.78, 5) is 26.7. The van der Waals surface area contributed by atoms with Gasteiger partial charge in [-0.05, 0) is 48.4 Å². The van der Waals surface area contributed by atoms with Crippen LogP contribution < -0.4 is 5.32 Å². The number of benzene rings is 1. The molecular weight excluding hydrogens is 316 g/mol. The van der Waals surface area contributed by atoms with Gasteiger partial charge in [0.15, 0.2) is 0 Å². The largest absolute Gasteiger partial charge is 0.384 e. The predicted octanol–water partition coefficient (Wildman–Crippen LogP) is 2.96. The third-order valence-corrected chi connectivity index (χ3v) is 4.38. The molecule has 1 aromatic rings. The molecule has 0 radical (unpaired) electrons. The molecule has 25 heavy (non-hydrogen) atoms. The fourth-order valence-electron chi connectivity index (χ4n) is 3.02. The van der Waals surface area contributed by atoms with E-state index in [2.05, 4.69) is 26.1 Å². The lowest BCUT2D eigenvalue weighted by molar-refractivity contribution is 0.0570. The van der Waals surface area contributed by atoms with Gasteiger partial charge in [0.2, 0.25) is 0 Å². The zero-order valence-corrected chi connectivity index (χ0v) is 15.8. The van der Waals surface area contributed by atoms with Crippen LogP contribution >= 0.6 is 0 Å². The van der Waals surface area contributed by atoms with Crippen molar-refractivity contribution in [2.45, 2.75) is 33.6 Å². The van der Waals surface area contributed by atoms with Crippen LogP contribution in [-0.4, -0.2) is 50.1 Å². The topological polar surface area (TPSA) is 58.6 Å². The summed E-state index contributed by atoms with van der Waals surface area (Å²) in [6.45, 7) is 9.05. The van der Waals surface area contributed by atoms with E-state index >= 15 is 0 Å². The molecule has 1 saturated heterocycles. The van der Waals surface area contributed by atoms with E-state index in [0.29, 0.717) is 30.2 Å². The standard InChI is InChI=1S/C20H30N2O3/c1-20(2,3)14-21-18(23)16-7-9-17(10-8-16)19(24)22-11-5-6-15(12-22)13-25-4/h7-10,15H,5-6,11-14H2,1-4H3,(H,21,23). The minimum absolute atomic E-state index is 0.0300. The maximum atomic E-state index is 12.7. The summed E-state index contributed by atoms with van der Waals surface area (Å²) in [5.74, 6) is 0.333. The first-order valence-corrected chi connectivity index (χ1v) is 8.96. The highest BCUT2D eigenvalue weighted by atomic mass is 16.5. The van der Waals surface area contributed by atoms with Crippen LogP contribution in [0.2, 0.25) is 0 Å². The van der Waals surface area contributed by atoms with Gasteiger partial charge in [-0.25, -0.2) is 0 Å². The Bertz CT molecular complexity index is 588. The van der Waals surface area contributed by atoms with E-state index in [-0.39, 0.29) is 17.2 Å². The number of ether oxygens (including phenoxy) is 1. The monoisotopic (exact) mass is 346 g/mol. The van der Waals surface area contributed by atoms with Gasteiger partial charge < -0.3 is 15.0 Å². The van der Waals surface area contributed by atoms with Crippen molar-refractivity contribution < 1.29 is 14.3 Å². The Morgan fingerprint density at radius 3 is 2.44 bits per heavy atom. The summed E-state index contributed by atoms with van der Waals surface area (Å²) in [5, 5.41) is 2.92. The van der Waals surface area contributed by atoms with Crippen molar-refractivity contribution in [3.63, 3.8) is 0 Å². The van der Waals surface area contributed by atoms with E-state index in [1.807, 2.05) is 4.90 Å². The SMILES string of the molecule is COCC1CCCN(C(=O)c2ccc(C(=O)NCC(C)(C)C)cc2)C1. The van der Waals surface area contributed by atoms with Crippen molar-refractivity contribution in [1.82, 2.24) is 10.2 Å². The molecule has 1 aliphatic heterocycles. The molecule has 5 heteroatoms. The Kier molecular flexibility index (Phi) is 6.59. The molecule has 1 fully saturated rings. The van der Waals surface area contributed by atoms with Crippen LogP contribution in [-0.2, 0) is 4.74 Å². The average molecular weight is 346 g/mol. The first kappa shape index (κ1) is 19.4. The molecule has 0 aliphatic carbocycles. The Hall–Kier alpha value is -1.88. The molecule has 2 rings (SSSR count). The number of rotatable bonds is 5. The number of likely N-dealkylation sites (tertiary alicyclic amines) is 1. The molecule has 5 nitrogen and oxygen atoms in total. The van der Waals surface area contributed by atoms with Gasteiger partial charge >= 0.3 is 0 Å². The van der Waals surface area contributed by atoms with Crippen molar-refractivity contribution in [3.8, 4) is 0 Å². The second-order valence-corrected chi connectivity index (χ2v) is 8.04. The highest BCUT2D eigenvalue weighted by Gasteiger charge is 2.24. The summed E-state index contributed by atoms with van der Waals surface area (Å²) in [6.07, 6.45) is 2.11. The first-order chi connectivity index (χ1) is 11.8. The second kappa shape index (κ2) is 8.48. The number of carbonyl (C=O) groups excluding carboxylic acids is 2. The van der Waals surface area contributed by atoms with Crippen molar-refractivity contribution in [2.75, 3.05) is 33.4 Å². The highest BCUT2D eigenvalue weighted by Crippen LogP contribution is 2.19. The number of nitrogens with zero attached hydrogens (tertiary/aromatic N) is 1. The number of amides is 2. The van der Waals surface area contributed by atoms with Gasteiger partial charge in [-0.1, -0.05) is 20.8 Å². The van der Waals surface area contributed by atoms with Crippen molar-refractivity contribution >= 4 is 11.8 Å². The van der Waals surface area contributed by atoms with Crippen LogP contribution in [0.15, 0.2) is 24.3 Å². The summed E-state index contributed by atoms with van der Waals surface area (Å²) < 4.78 is 5.22. The van der Waals surface area contributed by atoms with Crippen molar-refractivity contribution in [1.29, 1.82) is 0 Å². The van der Waals surface area contributed by atoms with Gasteiger partial charge in [-0.3, -0.25) is 9.59 Å². The van der Waals surface area contributed by atoms with Crippen LogP contribution in [0, 0.1) is 11.3 Å². The quantitative estimate of drug-likeness (QED) is 0.892. The maximum absolute atomic E-state index is 12.7. The Balaban J connectivity index is 1.96. The zero-order valence-electron chi connectivity index (χ0n) is 15.8. The van der Waals surface area contributed by atoms with Crippen molar-refractivity contribution in [3.05, 3.63) is 35.4 Å². The van der Waals surface area contributed by atoms with Gasteiger partial charge in [0.25, 0.3) is 11.8 Å². The lowest BCUT2D eigenvalue weighted by atomic mass is 9.97. The van der Waals surface area contributed by atoms with E-state index in [1.165, 1.54) is 0 Å². The molecule has 0 aromatic heterocycles. The summed E-state index contributed by atoms with van der Waals surface area (Å²) >= 11 is 0. The predicted molar refractivity (Wildman–Crippen MR) is 98.7 cm³/mol.